The maximum absolute atomic E-state index is 12.6. The van der Waals surface area contributed by atoms with E-state index in [9.17, 15) is 22.8 Å². The van der Waals surface area contributed by atoms with Crippen LogP contribution in [0.3, 0.4) is 0 Å². The first-order valence-electron chi connectivity index (χ1n) is 8.52. The zero-order valence-corrected chi connectivity index (χ0v) is 14.5. The number of alkyl halides is 3. The Labute approximate surface area is 153 Å². The Bertz CT molecular complexity index is 844. The molecular weight excluding hydrogens is 361 g/mol. The number of carbonyl (C=O) groups is 1. The highest BCUT2D eigenvalue weighted by molar-refractivity contribution is 5.92. The molecule has 0 spiro atoms. The molecule has 3 rings (SSSR count). The largest absolute Gasteiger partial charge is 0.401 e. The first kappa shape index (κ1) is 19.1. The number of rotatable bonds is 4. The second kappa shape index (κ2) is 7.91. The lowest BCUT2D eigenvalue weighted by Gasteiger charge is -2.34. The van der Waals surface area contributed by atoms with Crippen LogP contribution in [0.2, 0.25) is 0 Å². The number of nitrogens with zero attached hydrogens (tertiary/aromatic N) is 4. The lowest BCUT2D eigenvalue weighted by Crippen LogP contribution is -2.51. The average Bonchev–Trinajstić information content (AvgIpc) is 2.63. The van der Waals surface area contributed by atoms with Crippen molar-refractivity contribution in [1.29, 1.82) is 0 Å². The van der Waals surface area contributed by atoms with Crippen molar-refractivity contribution in [3.8, 4) is 0 Å². The van der Waals surface area contributed by atoms with Crippen molar-refractivity contribution in [1.82, 2.24) is 19.6 Å². The van der Waals surface area contributed by atoms with Crippen LogP contribution in [0.4, 0.5) is 13.2 Å². The van der Waals surface area contributed by atoms with Gasteiger partial charge in [-0.1, -0.05) is 30.3 Å². The number of hydrogen-bond acceptors (Lipinski definition) is 4. The molecule has 6 nitrogen and oxygen atoms in total. The molecule has 1 saturated heterocycles. The molecule has 9 heteroatoms. The molecule has 0 N–H and O–H groups in total. The van der Waals surface area contributed by atoms with Crippen molar-refractivity contribution < 1.29 is 18.0 Å². The van der Waals surface area contributed by atoms with Crippen LogP contribution >= 0.6 is 0 Å². The molecule has 0 unspecified atom stereocenters. The van der Waals surface area contributed by atoms with Gasteiger partial charge in [0, 0.05) is 32.2 Å². The molecule has 27 heavy (non-hydrogen) atoms. The molecule has 2 heterocycles. The molecule has 0 bridgehead atoms. The fraction of sp³-hybridized carbons (Fsp3) is 0.389. The summed E-state index contributed by atoms with van der Waals surface area (Å²) in [5, 5.41) is 4.14. The number of aromatic nitrogens is 2. The first-order valence-corrected chi connectivity index (χ1v) is 8.52. The predicted molar refractivity (Wildman–Crippen MR) is 92.4 cm³/mol. The Morgan fingerprint density at radius 3 is 2.30 bits per heavy atom. The van der Waals surface area contributed by atoms with E-state index < -0.39 is 12.7 Å². The van der Waals surface area contributed by atoms with Gasteiger partial charge in [0.15, 0.2) is 0 Å². The quantitative estimate of drug-likeness (QED) is 0.809. The molecule has 0 radical (unpaired) electrons. The summed E-state index contributed by atoms with van der Waals surface area (Å²) < 4.78 is 38.6. The molecule has 1 fully saturated rings. The Morgan fingerprint density at radius 1 is 1.00 bits per heavy atom. The summed E-state index contributed by atoms with van der Waals surface area (Å²) in [6, 6.07) is 11.9. The second-order valence-electron chi connectivity index (χ2n) is 6.38. The number of hydrogen-bond donors (Lipinski definition) is 0. The van der Waals surface area contributed by atoms with Gasteiger partial charge in [0.05, 0.1) is 13.1 Å². The third-order valence-electron chi connectivity index (χ3n) is 4.32. The third-order valence-corrected chi connectivity index (χ3v) is 4.32. The number of amides is 1. The zero-order valence-electron chi connectivity index (χ0n) is 14.5. The molecule has 1 aromatic carbocycles. The van der Waals surface area contributed by atoms with Gasteiger partial charge in [-0.3, -0.25) is 14.5 Å². The summed E-state index contributed by atoms with van der Waals surface area (Å²) >= 11 is 0. The van der Waals surface area contributed by atoms with E-state index in [4.69, 9.17) is 0 Å². The number of halogens is 3. The second-order valence-corrected chi connectivity index (χ2v) is 6.38. The highest BCUT2D eigenvalue weighted by Crippen LogP contribution is 2.17. The van der Waals surface area contributed by atoms with Crippen LogP contribution in [-0.2, 0) is 6.54 Å². The molecule has 0 atom stereocenters. The van der Waals surface area contributed by atoms with E-state index in [0.29, 0.717) is 0 Å². The minimum atomic E-state index is -4.25. The molecule has 1 aromatic heterocycles. The van der Waals surface area contributed by atoms with Crippen LogP contribution in [0.15, 0.2) is 47.3 Å². The van der Waals surface area contributed by atoms with Gasteiger partial charge in [0.2, 0.25) is 0 Å². The summed E-state index contributed by atoms with van der Waals surface area (Å²) in [5.74, 6) is -0.386. The van der Waals surface area contributed by atoms with Gasteiger partial charge in [-0.15, -0.1) is 0 Å². The molecule has 1 aliphatic heterocycles. The van der Waals surface area contributed by atoms with Gasteiger partial charge in [0.1, 0.15) is 5.69 Å². The summed E-state index contributed by atoms with van der Waals surface area (Å²) in [5.41, 5.74) is 0.651. The van der Waals surface area contributed by atoms with Crippen molar-refractivity contribution in [2.45, 2.75) is 12.7 Å². The third kappa shape index (κ3) is 5.16. The highest BCUT2D eigenvalue weighted by atomic mass is 19.4. The van der Waals surface area contributed by atoms with Gasteiger partial charge < -0.3 is 4.90 Å². The van der Waals surface area contributed by atoms with Crippen LogP contribution < -0.4 is 5.56 Å². The Kier molecular flexibility index (Phi) is 5.59. The maximum atomic E-state index is 12.6. The minimum Gasteiger partial charge on any atom is -0.335 e. The van der Waals surface area contributed by atoms with Gasteiger partial charge in [-0.25, -0.2) is 4.68 Å². The van der Waals surface area contributed by atoms with E-state index in [1.54, 1.807) is 0 Å². The lowest BCUT2D eigenvalue weighted by molar-refractivity contribution is -0.148. The Balaban J connectivity index is 1.67. The topological polar surface area (TPSA) is 58.4 Å². The number of carbonyl (C=O) groups excluding carboxylic acids is 1. The van der Waals surface area contributed by atoms with E-state index >= 15 is 0 Å². The predicted octanol–water partition coefficient (Wildman–Crippen LogP) is 1.61. The Morgan fingerprint density at radius 2 is 1.67 bits per heavy atom. The monoisotopic (exact) mass is 380 g/mol. The molecule has 144 valence electrons. The van der Waals surface area contributed by atoms with Crippen molar-refractivity contribution >= 4 is 5.91 Å². The van der Waals surface area contributed by atoms with Gasteiger partial charge in [-0.2, -0.15) is 18.3 Å². The zero-order chi connectivity index (χ0) is 19.4. The summed E-state index contributed by atoms with van der Waals surface area (Å²) in [7, 11) is 0. The van der Waals surface area contributed by atoms with Crippen molar-refractivity contribution in [3.05, 3.63) is 64.1 Å². The summed E-state index contributed by atoms with van der Waals surface area (Å²) in [6.45, 7) is -0.0675. The SMILES string of the molecule is O=C(c1ccc(=O)n(Cc2ccccc2)n1)N1CCN(CC(F)(F)F)CC1. The number of piperazine rings is 1. The van der Waals surface area contributed by atoms with E-state index in [-0.39, 0.29) is 49.9 Å². The van der Waals surface area contributed by atoms with Crippen molar-refractivity contribution in [2.75, 3.05) is 32.7 Å². The highest BCUT2D eigenvalue weighted by Gasteiger charge is 2.33. The fourth-order valence-corrected chi connectivity index (χ4v) is 2.96. The first-order chi connectivity index (χ1) is 12.8. The van der Waals surface area contributed by atoms with Gasteiger partial charge in [0.25, 0.3) is 11.5 Å². The maximum Gasteiger partial charge on any atom is 0.401 e. The lowest BCUT2D eigenvalue weighted by atomic mass is 10.2. The van der Waals surface area contributed by atoms with Crippen LogP contribution in [-0.4, -0.2) is 64.4 Å². The van der Waals surface area contributed by atoms with Gasteiger partial charge >= 0.3 is 6.18 Å². The van der Waals surface area contributed by atoms with Crippen LogP contribution in [0.1, 0.15) is 16.1 Å². The summed E-state index contributed by atoms with van der Waals surface area (Å²) in [6.07, 6.45) is -4.25. The van der Waals surface area contributed by atoms with Gasteiger partial charge in [-0.05, 0) is 11.6 Å². The standard InChI is InChI=1S/C18H19F3N4O2/c19-18(20,21)13-23-8-10-24(11-9-23)17(27)15-6-7-16(26)25(22-15)12-14-4-2-1-3-5-14/h1-7H,8-13H2. The molecule has 0 saturated carbocycles. The molecule has 1 amide bonds. The smallest absolute Gasteiger partial charge is 0.335 e. The van der Waals surface area contributed by atoms with E-state index in [0.717, 1.165) is 5.56 Å². The van der Waals surface area contributed by atoms with E-state index in [1.807, 2.05) is 30.3 Å². The van der Waals surface area contributed by atoms with Crippen molar-refractivity contribution in [3.63, 3.8) is 0 Å². The van der Waals surface area contributed by atoms with Crippen LogP contribution in [0.5, 0.6) is 0 Å². The fourth-order valence-electron chi connectivity index (χ4n) is 2.96. The molecule has 0 aliphatic carbocycles. The summed E-state index contributed by atoms with van der Waals surface area (Å²) in [4.78, 5) is 27.4. The average molecular weight is 380 g/mol. The minimum absolute atomic E-state index is 0.106. The molecule has 1 aliphatic rings. The van der Waals surface area contributed by atoms with E-state index in [2.05, 4.69) is 5.10 Å². The normalized spacial score (nSPS) is 15.7. The van der Waals surface area contributed by atoms with Crippen LogP contribution in [0.25, 0.3) is 0 Å². The van der Waals surface area contributed by atoms with Crippen LogP contribution in [0, 0.1) is 0 Å². The van der Waals surface area contributed by atoms with E-state index in [1.165, 1.54) is 26.6 Å². The molecular formula is C18H19F3N4O2. The molecule has 2 aromatic rings. The Hall–Kier alpha value is -2.68. The number of benzene rings is 1. The van der Waals surface area contributed by atoms with Crippen molar-refractivity contribution in [2.24, 2.45) is 0 Å².